The van der Waals surface area contributed by atoms with Gasteiger partial charge in [-0.2, -0.15) is 0 Å². The lowest BCUT2D eigenvalue weighted by molar-refractivity contribution is 0.0380. The van der Waals surface area contributed by atoms with Gasteiger partial charge in [0.25, 0.3) is 0 Å². The van der Waals surface area contributed by atoms with E-state index in [1.165, 1.54) is 44.9 Å². The maximum Gasteiger partial charge on any atom is 0.0506 e. The van der Waals surface area contributed by atoms with Crippen LogP contribution in [0.5, 0.6) is 0 Å². The smallest absolute Gasteiger partial charge is 0.0506 e. The zero-order valence-corrected chi connectivity index (χ0v) is 11.3. The molecule has 0 aromatic rings. The molecule has 2 aliphatic rings. The predicted molar refractivity (Wildman–Crippen MR) is 71.0 cm³/mol. The van der Waals surface area contributed by atoms with Crippen LogP contribution in [0.3, 0.4) is 0 Å². The summed E-state index contributed by atoms with van der Waals surface area (Å²) in [7, 11) is 2.22. The average molecular weight is 240 g/mol. The Kier molecular flexibility index (Phi) is 4.83. The summed E-state index contributed by atoms with van der Waals surface area (Å²) < 4.78 is 5.54. The van der Waals surface area contributed by atoms with Crippen molar-refractivity contribution in [1.29, 1.82) is 0 Å². The largest absolute Gasteiger partial charge is 0.381 e. The summed E-state index contributed by atoms with van der Waals surface area (Å²) in [4.78, 5) is 2.44. The summed E-state index contributed by atoms with van der Waals surface area (Å²) >= 11 is 0. The van der Waals surface area contributed by atoms with Crippen LogP contribution in [0.2, 0.25) is 0 Å². The molecule has 0 amide bonds. The summed E-state index contributed by atoms with van der Waals surface area (Å²) in [6, 6.07) is 0. The van der Waals surface area contributed by atoms with Crippen LogP contribution in [-0.2, 0) is 4.74 Å². The number of nitrogens with two attached hydrogens (primary N) is 1. The fraction of sp³-hybridized carbons (Fsp3) is 1.00. The molecule has 17 heavy (non-hydrogen) atoms. The Labute approximate surface area is 106 Å². The minimum Gasteiger partial charge on any atom is -0.381 e. The third kappa shape index (κ3) is 4.23. The van der Waals surface area contributed by atoms with Crippen molar-refractivity contribution < 1.29 is 4.74 Å². The zero-order chi connectivity index (χ0) is 12.1. The van der Waals surface area contributed by atoms with Gasteiger partial charge in [0.2, 0.25) is 0 Å². The quantitative estimate of drug-likeness (QED) is 0.817. The van der Waals surface area contributed by atoms with Crippen LogP contribution < -0.4 is 5.73 Å². The van der Waals surface area contributed by atoms with E-state index in [0.717, 1.165) is 32.2 Å². The average Bonchev–Trinajstić information content (AvgIpc) is 2.30. The fourth-order valence-corrected chi connectivity index (χ4v) is 3.41. The molecule has 1 heterocycles. The Morgan fingerprint density at radius 1 is 1.24 bits per heavy atom. The van der Waals surface area contributed by atoms with Crippen molar-refractivity contribution in [3.63, 3.8) is 0 Å². The first-order chi connectivity index (χ1) is 8.18. The van der Waals surface area contributed by atoms with Gasteiger partial charge in [-0.3, -0.25) is 0 Å². The van der Waals surface area contributed by atoms with Crippen LogP contribution in [0.25, 0.3) is 0 Å². The summed E-state index contributed by atoms with van der Waals surface area (Å²) in [5.74, 6) is 0.723. The number of nitrogens with zero attached hydrogens (tertiary/aromatic N) is 1. The molecule has 1 saturated carbocycles. The monoisotopic (exact) mass is 240 g/mol. The molecule has 0 aromatic carbocycles. The van der Waals surface area contributed by atoms with Crippen LogP contribution >= 0.6 is 0 Å². The van der Waals surface area contributed by atoms with Crippen molar-refractivity contribution in [2.45, 2.75) is 50.5 Å². The van der Waals surface area contributed by atoms with Crippen LogP contribution in [-0.4, -0.2) is 43.8 Å². The van der Waals surface area contributed by atoms with E-state index in [1.54, 1.807) is 0 Å². The van der Waals surface area contributed by atoms with E-state index in [9.17, 15) is 0 Å². The molecule has 1 saturated heterocycles. The molecule has 3 heteroatoms. The Balaban J connectivity index is 1.73. The van der Waals surface area contributed by atoms with E-state index >= 15 is 0 Å². The van der Waals surface area contributed by atoms with Gasteiger partial charge < -0.3 is 15.4 Å². The molecule has 1 atom stereocenters. The van der Waals surface area contributed by atoms with Gasteiger partial charge >= 0.3 is 0 Å². The molecule has 2 fully saturated rings. The van der Waals surface area contributed by atoms with Gasteiger partial charge in [0.15, 0.2) is 0 Å². The molecule has 100 valence electrons. The van der Waals surface area contributed by atoms with Gasteiger partial charge in [-0.15, -0.1) is 0 Å². The Bertz CT molecular complexity index is 220. The standard InChI is InChI=1S/C14H28N2O/c1-16(10-13-6-5-9-17-11-13)12-14(15)7-3-2-4-8-14/h13H,2-12,15H2,1H3. The van der Waals surface area contributed by atoms with Crippen LogP contribution in [0, 0.1) is 5.92 Å². The first-order valence-corrected chi connectivity index (χ1v) is 7.23. The topological polar surface area (TPSA) is 38.5 Å². The van der Waals surface area contributed by atoms with Gasteiger partial charge in [-0.05, 0) is 38.6 Å². The van der Waals surface area contributed by atoms with Gasteiger partial charge in [0.05, 0.1) is 6.61 Å². The molecule has 2 rings (SSSR count). The van der Waals surface area contributed by atoms with E-state index in [4.69, 9.17) is 10.5 Å². The highest BCUT2D eigenvalue weighted by atomic mass is 16.5. The number of hydrogen-bond acceptors (Lipinski definition) is 3. The highest BCUT2D eigenvalue weighted by molar-refractivity contribution is 4.90. The molecule has 3 nitrogen and oxygen atoms in total. The summed E-state index contributed by atoms with van der Waals surface area (Å²) in [6.07, 6.45) is 8.97. The molecule has 0 spiro atoms. The minimum absolute atomic E-state index is 0.0858. The van der Waals surface area contributed by atoms with Gasteiger partial charge in [0, 0.05) is 25.2 Å². The highest BCUT2D eigenvalue weighted by Crippen LogP contribution is 2.27. The Morgan fingerprint density at radius 3 is 2.65 bits per heavy atom. The normalized spacial score (nSPS) is 29.5. The van der Waals surface area contributed by atoms with Gasteiger partial charge in [0.1, 0.15) is 0 Å². The lowest BCUT2D eigenvalue weighted by atomic mass is 9.82. The van der Waals surface area contributed by atoms with Gasteiger partial charge in [-0.25, -0.2) is 0 Å². The van der Waals surface area contributed by atoms with E-state index in [1.807, 2.05) is 0 Å². The lowest BCUT2D eigenvalue weighted by Gasteiger charge is -2.38. The molecule has 0 radical (unpaired) electrons. The molecular weight excluding hydrogens is 212 g/mol. The molecule has 1 unspecified atom stereocenters. The molecule has 1 aliphatic carbocycles. The second kappa shape index (κ2) is 6.17. The van der Waals surface area contributed by atoms with E-state index < -0.39 is 0 Å². The third-order valence-corrected chi connectivity index (χ3v) is 4.26. The number of rotatable bonds is 4. The fourth-order valence-electron chi connectivity index (χ4n) is 3.41. The molecule has 1 aliphatic heterocycles. The van der Waals surface area contributed by atoms with Gasteiger partial charge in [-0.1, -0.05) is 19.3 Å². The molecule has 0 aromatic heterocycles. The molecule has 2 N–H and O–H groups in total. The predicted octanol–water partition coefficient (Wildman–Crippen LogP) is 2.01. The van der Waals surface area contributed by atoms with Crippen molar-refractivity contribution in [2.24, 2.45) is 11.7 Å². The van der Waals surface area contributed by atoms with Crippen LogP contribution in [0.15, 0.2) is 0 Å². The molecule has 0 bridgehead atoms. The third-order valence-electron chi connectivity index (χ3n) is 4.26. The first-order valence-electron chi connectivity index (χ1n) is 7.23. The number of ether oxygens (including phenoxy) is 1. The Hall–Kier alpha value is -0.120. The lowest BCUT2D eigenvalue weighted by Crippen LogP contribution is -2.51. The van der Waals surface area contributed by atoms with Crippen molar-refractivity contribution in [3.8, 4) is 0 Å². The SMILES string of the molecule is CN(CC1CCCOC1)CC1(N)CCCCC1. The summed E-state index contributed by atoms with van der Waals surface area (Å²) in [6.45, 7) is 4.12. The van der Waals surface area contributed by atoms with Crippen molar-refractivity contribution in [2.75, 3.05) is 33.4 Å². The van der Waals surface area contributed by atoms with E-state index in [0.29, 0.717) is 0 Å². The van der Waals surface area contributed by atoms with Crippen molar-refractivity contribution in [1.82, 2.24) is 4.90 Å². The zero-order valence-electron chi connectivity index (χ0n) is 11.3. The van der Waals surface area contributed by atoms with E-state index in [2.05, 4.69) is 11.9 Å². The minimum atomic E-state index is 0.0858. The van der Waals surface area contributed by atoms with E-state index in [-0.39, 0.29) is 5.54 Å². The Morgan fingerprint density at radius 2 is 2.00 bits per heavy atom. The van der Waals surface area contributed by atoms with Crippen LogP contribution in [0.4, 0.5) is 0 Å². The number of hydrogen-bond donors (Lipinski definition) is 1. The van der Waals surface area contributed by atoms with Crippen molar-refractivity contribution in [3.05, 3.63) is 0 Å². The summed E-state index contributed by atoms with van der Waals surface area (Å²) in [5, 5.41) is 0. The molecular formula is C14H28N2O. The second-order valence-corrected chi connectivity index (χ2v) is 6.20. The highest BCUT2D eigenvalue weighted by Gasteiger charge is 2.29. The maximum atomic E-state index is 6.49. The second-order valence-electron chi connectivity index (χ2n) is 6.20. The number of likely N-dealkylation sites (N-methyl/N-ethyl adjacent to an activating group) is 1. The maximum absolute atomic E-state index is 6.49. The summed E-state index contributed by atoms with van der Waals surface area (Å²) in [5.41, 5.74) is 6.58. The first kappa shape index (κ1) is 13.3. The van der Waals surface area contributed by atoms with Crippen LogP contribution in [0.1, 0.15) is 44.9 Å². The van der Waals surface area contributed by atoms with Crippen molar-refractivity contribution >= 4 is 0 Å².